The summed E-state index contributed by atoms with van der Waals surface area (Å²) in [5.41, 5.74) is 3.52. The summed E-state index contributed by atoms with van der Waals surface area (Å²) in [6.45, 7) is 0. The van der Waals surface area contributed by atoms with Crippen molar-refractivity contribution in [3.63, 3.8) is 0 Å². The summed E-state index contributed by atoms with van der Waals surface area (Å²) in [6, 6.07) is 11.9. The maximum Gasteiger partial charge on any atom is 0.267 e. The summed E-state index contributed by atoms with van der Waals surface area (Å²) in [5, 5.41) is 4.34. The number of nitrogens with two attached hydrogens (primary N) is 1. The van der Waals surface area contributed by atoms with Crippen LogP contribution in [0, 0.1) is 0 Å². The second-order valence-electron chi connectivity index (χ2n) is 7.14. The molecule has 1 aromatic heterocycles. The van der Waals surface area contributed by atoms with Crippen molar-refractivity contribution < 1.29 is 30.0 Å². The van der Waals surface area contributed by atoms with Gasteiger partial charge in [0.15, 0.2) is 6.23 Å². The second-order valence-corrected chi connectivity index (χ2v) is 10.8. The molecule has 1 unspecified atom stereocenters. The van der Waals surface area contributed by atoms with Crippen LogP contribution in [0.5, 0.6) is 0 Å². The lowest BCUT2D eigenvalue weighted by atomic mass is 9.91. The van der Waals surface area contributed by atoms with Gasteiger partial charge in [-0.05, 0) is 41.3 Å². The number of anilines is 1. The van der Waals surface area contributed by atoms with Gasteiger partial charge in [0.25, 0.3) is 26.1 Å². The third-order valence-electron chi connectivity index (χ3n) is 4.47. The maximum atomic E-state index is 13.6. The third-order valence-corrected chi connectivity index (χ3v) is 5.85. The normalized spacial score (nSPS) is 15.0. The van der Waals surface area contributed by atoms with Gasteiger partial charge in [0.1, 0.15) is 0 Å². The molecule has 3 rings (SSSR count). The number of halogens is 1. The van der Waals surface area contributed by atoms with Crippen LogP contribution in [0.4, 0.5) is 5.69 Å². The van der Waals surface area contributed by atoms with Crippen LogP contribution in [0.25, 0.3) is 10.8 Å². The van der Waals surface area contributed by atoms with Gasteiger partial charge in [-0.15, -0.1) is 0 Å². The van der Waals surface area contributed by atoms with Gasteiger partial charge in [0, 0.05) is 28.5 Å². The molecule has 1 heterocycles. The zero-order valence-electron chi connectivity index (χ0n) is 17.4. The number of pyridine rings is 1. The molecule has 0 aliphatic carbocycles. The Balaban J connectivity index is 2.16. The van der Waals surface area contributed by atoms with Crippen molar-refractivity contribution in [1.29, 1.82) is 0 Å². The Hall–Kier alpha value is -2.61. The lowest BCUT2D eigenvalue weighted by Gasteiger charge is -2.35. The van der Waals surface area contributed by atoms with Crippen molar-refractivity contribution in [2.45, 2.75) is 11.8 Å². The zero-order chi connectivity index (χ0) is 24.4. The monoisotopic (exact) mass is 513 g/mol. The van der Waals surface area contributed by atoms with Gasteiger partial charge in [-0.2, -0.15) is 16.8 Å². The number of carbonyl (C=O) groups excluding carboxylic acids is 1. The van der Waals surface area contributed by atoms with Crippen LogP contribution in [-0.4, -0.2) is 46.5 Å². The molecule has 2 aromatic carbocycles. The number of benzene rings is 2. The first-order valence-electron chi connectivity index (χ1n) is 9.26. The van der Waals surface area contributed by atoms with Crippen molar-refractivity contribution in [1.82, 2.24) is 4.98 Å². The Morgan fingerprint density at radius 3 is 2.30 bits per heavy atom. The number of amides is 1. The van der Waals surface area contributed by atoms with Crippen LogP contribution in [0.15, 0.2) is 60.9 Å². The number of hydrogen-bond acceptors (Lipinski definition) is 9. The van der Waals surface area contributed by atoms with Crippen LogP contribution in [0.1, 0.15) is 5.56 Å². The number of nitrogens with one attached hydrogen (secondary N) is 1. The number of carbonyl (C=O) groups is 1. The molecule has 0 spiro atoms. The Kier molecular flexibility index (Phi) is 7.07. The second kappa shape index (κ2) is 9.33. The minimum atomic E-state index is -4.37. The lowest BCUT2D eigenvalue weighted by Crippen LogP contribution is -2.58. The van der Waals surface area contributed by atoms with Crippen molar-refractivity contribution in [3.05, 3.63) is 71.5 Å². The average molecular weight is 514 g/mol. The molecule has 0 aliphatic heterocycles. The van der Waals surface area contributed by atoms with E-state index in [1.807, 2.05) is 0 Å². The summed E-state index contributed by atoms with van der Waals surface area (Å²) in [4.78, 5) is 17.6. The highest BCUT2D eigenvalue weighted by Gasteiger charge is 2.52. The molecule has 13 heteroatoms. The van der Waals surface area contributed by atoms with E-state index < -0.39 is 38.0 Å². The molecule has 1 amide bonds. The van der Waals surface area contributed by atoms with Gasteiger partial charge >= 0.3 is 0 Å². The SMILES string of the molecule is CS(=O)(=O)OC(N)[C@](OS(C)(=O)=O)(C(=O)Nc1ccc2cnccc2c1)c1ccc(Cl)cc1. The van der Waals surface area contributed by atoms with E-state index >= 15 is 0 Å². The van der Waals surface area contributed by atoms with Crippen molar-refractivity contribution in [3.8, 4) is 0 Å². The third kappa shape index (κ3) is 6.05. The molecule has 0 saturated heterocycles. The number of aromatic nitrogens is 1. The van der Waals surface area contributed by atoms with Gasteiger partial charge in [-0.1, -0.05) is 29.8 Å². The van der Waals surface area contributed by atoms with Gasteiger partial charge < -0.3 is 11.1 Å². The Labute approximate surface area is 195 Å². The quantitative estimate of drug-likeness (QED) is 0.339. The highest BCUT2D eigenvalue weighted by Crippen LogP contribution is 2.35. The van der Waals surface area contributed by atoms with Gasteiger partial charge in [-0.3, -0.25) is 9.78 Å². The fourth-order valence-electron chi connectivity index (χ4n) is 3.14. The number of hydrogen-bond donors (Lipinski definition) is 2. The highest BCUT2D eigenvalue weighted by atomic mass is 35.5. The van der Waals surface area contributed by atoms with Crippen LogP contribution >= 0.6 is 11.6 Å². The van der Waals surface area contributed by atoms with Crippen LogP contribution in [0.2, 0.25) is 5.02 Å². The predicted molar refractivity (Wildman–Crippen MR) is 123 cm³/mol. The van der Waals surface area contributed by atoms with Crippen molar-refractivity contribution in [2.75, 3.05) is 17.8 Å². The minimum absolute atomic E-state index is 0.101. The number of rotatable bonds is 8. The van der Waals surface area contributed by atoms with E-state index in [1.54, 1.807) is 36.7 Å². The lowest BCUT2D eigenvalue weighted by molar-refractivity contribution is -0.140. The van der Waals surface area contributed by atoms with E-state index in [-0.39, 0.29) is 16.3 Å². The minimum Gasteiger partial charge on any atom is -0.323 e. The van der Waals surface area contributed by atoms with Gasteiger partial charge in [0.05, 0.1) is 12.5 Å². The molecule has 0 saturated carbocycles. The van der Waals surface area contributed by atoms with E-state index in [0.29, 0.717) is 12.5 Å². The Bertz CT molecular complexity index is 1400. The zero-order valence-corrected chi connectivity index (χ0v) is 19.8. The molecule has 2 atom stereocenters. The van der Waals surface area contributed by atoms with E-state index in [1.165, 1.54) is 24.3 Å². The number of fused-ring (bicyclic) bond motifs is 1. The Morgan fingerprint density at radius 1 is 1.03 bits per heavy atom. The predicted octanol–water partition coefficient (Wildman–Crippen LogP) is 1.96. The molecule has 176 valence electrons. The molecule has 33 heavy (non-hydrogen) atoms. The standard InChI is InChI=1S/C20H20ClN3O7S2/c1-32(26,27)30-18(22)20(31-33(2,28)29,15-4-6-16(21)7-5-15)19(25)24-17-8-3-14-12-23-10-9-13(14)11-17/h3-12,18H,22H2,1-2H3,(H,24,25)/t18?,20-/m0/s1. The molecular weight excluding hydrogens is 494 g/mol. The van der Waals surface area contributed by atoms with Crippen molar-refractivity contribution in [2.24, 2.45) is 5.73 Å². The van der Waals surface area contributed by atoms with Crippen LogP contribution in [0.3, 0.4) is 0 Å². The van der Waals surface area contributed by atoms with Gasteiger partial charge in [0.2, 0.25) is 5.60 Å². The van der Waals surface area contributed by atoms with E-state index in [4.69, 9.17) is 25.7 Å². The summed E-state index contributed by atoms with van der Waals surface area (Å²) < 4.78 is 58.0. The van der Waals surface area contributed by atoms with E-state index in [9.17, 15) is 21.6 Å². The van der Waals surface area contributed by atoms with Crippen LogP contribution in [-0.2, 0) is 39.0 Å². The highest BCUT2D eigenvalue weighted by molar-refractivity contribution is 7.86. The topological polar surface area (TPSA) is 155 Å². The molecule has 0 radical (unpaired) electrons. The fourth-order valence-corrected chi connectivity index (χ4v) is 4.52. The number of nitrogens with zero attached hydrogens (tertiary/aromatic N) is 1. The first-order chi connectivity index (χ1) is 15.3. The largest absolute Gasteiger partial charge is 0.323 e. The molecule has 0 bridgehead atoms. The van der Waals surface area contributed by atoms with Crippen LogP contribution < -0.4 is 11.1 Å². The van der Waals surface area contributed by atoms with E-state index in [2.05, 4.69) is 10.3 Å². The summed E-state index contributed by atoms with van der Waals surface area (Å²) in [6.07, 6.45) is 2.51. The molecule has 3 N–H and O–H groups in total. The van der Waals surface area contributed by atoms with E-state index in [0.717, 1.165) is 10.8 Å². The Morgan fingerprint density at radius 2 is 1.70 bits per heavy atom. The maximum absolute atomic E-state index is 13.6. The summed E-state index contributed by atoms with van der Waals surface area (Å²) in [5.74, 6) is -1.08. The molecule has 3 aromatic rings. The van der Waals surface area contributed by atoms with Crippen molar-refractivity contribution >= 4 is 54.2 Å². The fraction of sp³-hybridized carbons (Fsp3) is 0.200. The molecule has 10 nitrogen and oxygen atoms in total. The molecule has 0 aliphatic rings. The van der Waals surface area contributed by atoms with Gasteiger partial charge in [-0.25, -0.2) is 8.37 Å². The first kappa shape index (κ1) is 25.0. The summed E-state index contributed by atoms with van der Waals surface area (Å²) >= 11 is 5.92. The summed E-state index contributed by atoms with van der Waals surface area (Å²) in [7, 11) is -8.60. The average Bonchev–Trinajstić information content (AvgIpc) is 2.70. The smallest absolute Gasteiger partial charge is 0.267 e. The molecule has 0 fully saturated rings. The molecular formula is C20H20ClN3O7S2. The first-order valence-corrected chi connectivity index (χ1v) is 13.3.